The van der Waals surface area contributed by atoms with E-state index in [4.69, 9.17) is 16.3 Å². The Morgan fingerprint density at radius 2 is 1.57 bits per heavy atom. The van der Waals surface area contributed by atoms with Crippen LogP contribution in [0.1, 0.15) is 37.7 Å². The summed E-state index contributed by atoms with van der Waals surface area (Å²) < 4.78 is 61.4. The summed E-state index contributed by atoms with van der Waals surface area (Å²) in [4.78, 5) is 12.9. The minimum atomic E-state index is -3.79. The van der Waals surface area contributed by atoms with Gasteiger partial charge in [0.1, 0.15) is 5.75 Å². The van der Waals surface area contributed by atoms with Crippen LogP contribution in [0, 0.1) is 0 Å². The molecule has 1 amide bonds. The summed E-state index contributed by atoms with van der Waals surface area (Å²) in [6.45, 7) is -0.0149. The number of anilines is 2. The van der Waals surface area contributed by atoms with E-state index in [0.29, 0.717) is 35.1 Å². The van der Waals surface area contributed by atoms with Crippen molar-refractivity contribution in [1.82, 2.24) is 4.72 Å². The number of carbonyl (C=O) groups is 1. The van der Waals surface area contributed by atoms with Crippen LogP contribution < -0.4 is 19.1 Å². The molecule has 1 aliphatic heterocycles. The Bertz CT molecular complexity index is 1590. The van der Waals surface area contributed by atoms with Crippen molar-refractivity contribution < 1.29 is 26.4 Å². The molecule has 3 aromatic carbocycles. The van der Waals surface area contributed by atoms with E-state index in [0.717, 1.165) is 37.7 Å². The fraction of sp³-hybridized carbons (Fsp3) is 0.321. The molecule has 0 unspecified atom stereocenters. The van der Waals surface area contributed by atoms with Gasteiger partial charge in [-0.2, -0.15) is 0 Å². The highest BCUT2D eigenvalue weighted by Gasteiger charge is 2.31. The second-order valence-electron chi connectivity index (χ2n) is 9.89. The highest BCUT2D eigenvalue weighted by molar-refractivity contribution is 7.92. The van der Waals surface area contributed by atoms with Crippen LogP contribution in [0.2, 0.25) is 5.02 Å². The topological polar surface area (TPSA) is 122 Å². The number of halogens is 1. The first-order valence-electron chi connectivity index (χ1n) is 13.1. The van der Waals surface area contributed by atoms with Crippen LogP contribution >= 0.6 is 11.6 Å². The maximum absolute atomic E-state index is 13.2. The fourth-order valence-electron chi connectivity index (χ4n) is 4.98. The van der Waals surface area contributed by atoms with E-state index in [1.54, 1.807) is 18.2 Å². The number of hydrogen-bond acceptors (Lipinski definition) is 6. The van der Waals surface area contributed by atoms with Gasteiger partial charge in [0, 0.05) is 23.3 Å². The Kier molecular flexibility index (Phi) is 8.37. The van der Waals surface area contributed by atoms with Crippen LogP contribution in [0.4, 0.5) is 11.4 Å². The third-order valence-corrected chi connectivity index (χ3v) is 10.7. The Morgan fingerprint density at radius 3 is 2.27 bits per heavy atom. The van der Waals surface area contributed by atoms with E-state index in [1.165, 1.54) is 52.8 Å². The number of fused-ring (bicyclic) bond motifs is 1. The van der Waals surface area contributed by atoms with Crippen LogP contribution in [-0.4, -0.2) is 41.9 Å². The third kappa shape index (κ3) is 6.43. The molecule has 9 nitrogen and oxygen atoms in total. The van der Waals surface area contributed by atoms with E-state index < -0.39 is 26.0 Å². The van der Waals surface area contributed by atoms with E-state index in [2.05, 4.69) is 10.0 Å². The first-order valence-corrected chi connectivity index (χ1v) is 16.4. The average Bonchev–Trinajstić information content (AvgIpc) is 3.37. The second-order valence-corrected chi connectivity index (χ2v) is 13.9. The maximum atomic E-state index is 13.2. The number of carbonyl (C=O) groups excluding carboxylic acids is 1. The van der Waals surface area contributed by atoms with Gasteiger partial charge in [0.25, 0.3) is 15.9 Å². The molecule has 0 spiro atoms. The Balaban J connectivity index is 1.19. The predicted octanol–water partition coefficient (Wildman–Crippen LogP) is 4.72. The normalized spacial score (nSPS) is 16.0. The summed E-state index contributed by atoms with van der Waals surface area (Å²) in [6, 6.07) is 17.0. The summed E-state index contributed by atoms with van der Waals surface area (Å²) in [7, 11) is -7.42. The molecule has 1 heterocycles. The first kappa shape index (κ1) is 28.4. The number of hydrogen-bond donors (Lipinski definition) is 2. The molecular formula is C28H30ClN3O6S2. The molecular weight excluding hydrogens is 574 g/mol. The molecule has 212 valence electrons. The summed E-state index contributed by atoms with van der Waals surface area (Å²) in [5, 5.41) is 3.18. The van der Waals surface area contributed by atoms with Gasteiger partial charge in [0.2, 0.25) is 10.0 Å². The third-order valence-electron chi connectivity index (χ3n) is 7.05. The molecule has 5 rings (SSSR count). The number of rotatable bonds is 9. The summed E-state index contributed by atoms with van der Waals surface area (Å²) in [5.74, 6) is -0.0957. The van der Waals surface area contributed by atoms with Gasteiger partial charge in [0.15, 0.2) is 6.61 Å². The quantitative estimate of drug-likeness (QED) is 0.365. The van der Waals surface area contributed by atoms with Crippen LogP contribution in [0.3, 0.4) is 0 Å². The lowest BCUT2D eigenvalue weighted by molar-refractivity contribution is -0.118. The lowest BCUT2D eigenvalue weighted by Gasteiger charge is -2.22. The molecule has 2 N–H and O–H groups in total. The molecule has 0 radical (unpaired) electrons. The van der Waals surface area contributed by atoms with Crippen molar-refractivity contribution in [3.8, 4) is 5.75 Å². The van der Waals surface area contributed by atoms with Crippen molar-refractivity contribution in [3.05, 3.63) is 77.3 Å². The van der Waals surface area contributed by atoms with Gasteiger partial charge in [-0.15, -0.1) is 0 Å². The van der Waals surface area contributed by atoms with Crippen molar-refractivity contribution in [2.75, 3.05) is 22.8 Å². The molecule has 0 saturated heterocycles. The predicted molar refractivity (Wildman–Crippen MR) is 154 cm³/mol. The van der Waals surface area contributed by atoms with Crippen molar-refractivity contribution in [2.45, 2.75) is 54.4 Å². The van der Waals surface area contributed by atoms with Gasteiger partial charge >= 0.3 is 0 Å². The standard InChI is InChI=1S/C28H30ClN3O6S2/c29-21-7-12-26(13-8-21)40(36,37)32-17-16-20-6-9-23(18-27(20)32)30-28(33)19-38-24-10-14-25(15-11-24)39(34,35)31-22-4-2-1-3-5-22/h6-15,18,22,31H,1-5,16-17,19H2,(H,30,33). The Hall–Kier alpha value is -3.12. The zero-order valence-electron chi connectivity index (χ0n) is 21.7. The average molecular weight is 604 g/mol. The molecule has 1 saturated carbocycles. The number of nitrogens with zero attached hydrogens (tertiary/aromatic N) is 1. The van der Waals surface area contributed by atoms with Crippen LogP contribution in [0.15, 0.2) is 76.5 Å². The van der Waals surface area contributed by atoms with E-state index >= 15 is 0 Å². The molecule has 40 heavy (non-hydrogen) atoms. The lowest BCUT2D eigenvalue weighted by Crippen LogP contribution is -2.36. The second kappa shape index (κ2) is 11.8. The number of sulfonamides is 2. The maximum Gasteiger partial charge on any atom is 0.264 e. The lowest BCUT2D eigenvalue weighted by atomic mass is 9.96. The van der Waals surface area contributed by atoms with Crippen LogP contribution in [0.25, 0.3) is 0 Å². The highest BCUT2D eigenvalue weighted by atomic mass is 35.5. The molecule has 3 aromatic rings. The summed E-state index contributed by atoms with van der Waals surface area (Å²) in [6.07, 6.45) is 5.42. The Morgan fingerprint density at radius 1 is 0.900 bits per heavy atom. The van der Waals surface area contributed by atoms with Crippen molar-refractivity contribution in [3.63, 3.8) is 0 Å². The molecule has 0 bridgehead atoms. The SMILES string of the molecule is O=C(COc1ccc(S(=O)(=O)NC2CCCCC2)cc1)Nc1ccc2c(c1)N(S(=O)(=O)c1ccc(Cl)cc1)CC2. The zero-order valence-corrected chi connectivity index (χ0v) is 24.1. The van der Waals surface area contributed by atoms with E-state index in [-0.39, 0.29) is 22.4 Å². The largest absolute Gasteiger partial charge is 0.484 e. The van der Waals surface area contributed by atoms with Gasteiger partial charge in [-0.25, -0.2) is 21.6 Å². The Labute approximate surface area is 239 Å². The molecule has 0 atom stereocenters. The monoisotopic (exact) mass is 603 g/mol. The smallest absolute Gasteiger partial charge is 0.264 e. The van der Waals surface area contributed by atoms with Gasteiger partial charge in [-0.1, -0.05) is 36.9 Å². The van der Waals surface area contributed by atoms with Crippen molar-refractivity contribution in [1.29, 1.82) is 0 Å². The van der Waals surface area contributed by atoms with Crippen LogP contribution in [-0.2, 0) is 31.3 Å². The molecule has 1 aliphatic carbocycles. The number of ether oxygens (including phenoxy) is 1. The molecule has 12 heteroatoms. The van der Waals surface area contributed by atoms with Crippen LogP contribution in [0.5, 0.6) is 5.75 Å². The summed E-state index contributed by atoms with van der Waals surface area (Å²) in [5.41, 5.74) is 1.80. The summed E-state index contributed by atoms with van der Waals surface area (Å²) >= 11 is 5.91. The van der Waals surface area contributed by atoms with Crippen molar-refractivity contribution >= 4 is 48.9 Å². The minimum absolute atomic E-state index is 0.0396. The van der Waals surface area contributed by atoms with Gasteiger partial charge < -0.3 is 10.1 Å². The van der Waals surface area contributed by atoms with E-state index in [1.807, 2.05) is 0 Å². The first-order chi connectivity index (χ1) is 19.1. The van der Waals surface area contributed by atoms with Gasteiger partial charge in [-0.05, 0) is 85.5 Å². The number of benzene rings is 3. The van der Waals surface area contributed by atoms with Gasteiger partial charge in [0.05, 0.1) is 15.5 Å². The van der Waals surface area contributed by atoms with Crippen molar-refractivity contribution in [2.24, 2.45) is 0 Å². The van der Waals surface area contributed by atoms with Gasteiger partial charge in [-0.3, -0.25) is 9.10 Å². The molecule has 2 aliphatic rings. The fourth-order valence-corrected chi connectivity index (χ4v) is 7.91. The van der Waals surface area contributed by atoms with E-state index in [9.17, 15) is 21.6 Å². The highest BCUT2D eigenvalue weighted by Crippen LogP contribution is 2.35. The number of nitrogens with one attached hydrogen (secondary N) is 2. The molecule has 1 fully saturated rings. The molecule has 0 aromatic heterocycles. The number of amides is 1. The minimum Gasteiger partial charge on any atom is -0.484 e. The zero-order chi connectivity index (χ0) is 28.3.